The van der Waals surface area contributed by atoms with Gasteiger partial charge in [-0.2, -0.15) is 11.8 Å². The van der Waals surface area contributed by atoms with Gasteiger partial charge in [0.25, 0.3) is 0 Å². The highest BCUT2D eigenvalue weighted by molar-refractivity contribution is 7.98. The van der Waals surface area contributed by atoms with Crippen LogP contribution in [-0.4, -0.2) is 40.8 Å². The molecule has 0 aliphatic heterocycles. The Bertz CT molecular complexity index is 130. The van der Waals surface area contributed by atoms with Crippen LogP contribution >= 0.6 is 11.8 Å². The van der Waals surface area contributed by atoms with Gasteiger partial charge in [-0.05, 0) is 19.6 Å². The molecule has 0 radical (unpaired) electrons. The lowest BCUT2D eigenvalue weighted by Crippen LogP contribution is -2.29. The average Bonchev–Trinajstić information content (AvgIpc) is 2.01. The van der Waals surface area contributed by atoms with Crippen molar-refractivity contribution in [2.75, 3.05) is 30.6 Å². The lowest BCUT2D eigenvalue weighted by Gasteiger charge is -2.11. The van der Waals surface area contributed by atoms with Crippen molar-refractivity contribution in [3.05, 3.63) is 0 Å². The quantitative estimate of drug-likeness (QED) is 0.637. The highest BCUT2D eigenvalue weighted by atomic mass is 32.2. The second-order valence-electron chi connectivity index (χ2n) is 2.91. The predicted octanol–water partition coefficient (Wildman–Crippen LogP) is 1.10. The molecule has 2 unspecified atom stereocenters. The van der Waals surface area contributed by atoms with Gasteiger partial charge in [-0.25, -0.2) is 0 Å². The van der Waals surface area contributed by atoms with E-state index >= 15 is 0 Å². The Hall–Kier alpha value is 0.460. The Balaban J connectivity index is 3.21. The van der Waals surface area contributed by atoms with Gasteiger partial charge in [-0.15, -0.1) is 0 Å². The van der Waals surface area contributed by atoms with Crippen molar-refractivity contribution >= 4 is 22.6 Å². The fraction of sp³-hybridized carbons (Fsp3) is 1.00. The van der Waals surface area contributed by atoms with Crippen molar-refractivity contribution < 1.29 is 4.21 Å². The largest absolute Gasteiger partial charge is 0.313 e. The summed E-state index contributed by atoms with van der Waals surface area (Å²) in [5.41, 5.74) is 0. The third-order valence-corrected chi connectivity index (χ3v) is 3.06. The summed E-state index contributed by atoms with van der Waals surface area (Å²) in [5, 5.41) is 3.38. The Morgan fingerprint density at radius 2 is 2.25 bits per heavy atom. The van der Waals surface area contributed by atoms with E-state index in [9.17, 15) is 4.21 Å². The van der Waals surface area contributed by atoms with E-state index in [0.717, 1.165) is 24.5 Å². The van der Waals surface area contributed by atoms with E-state index in [1.54, 1.807) is 6.26 Å². The van der Waals surface area contributed by atoms with Gasteiger partial charge < -0.3 is 5.32 Å². The van der Waals surface area contributed by atoms with Crippen LogP contribution in [0.4, 0.5) is 0 Å². The number of nitrogens with one attached hydrogen (secondary N) is 1. The van der Waals surface area contributed by atoms with Crippen LogP contribution in [0.5, 0.6) is 0 Å². The minimum Gasteiger partial charge on any atom is -0.313 e. The molecule has 74 valence electrons. The minimum absolute atomic E-state index is 0.501. The van der Waals surface area contributed by atoms with Crippen molar-refractivity contribution in [3.63, 3.8) is 0 Å². The molecule has 0 heterocycles. The summed E-state index contributed by atoms with van der Waals surface area (Å²) < 4.78 is 10.8. The zero-order chi connectivity index (χ0) is 9.40. The van der Waals surface area contributed by atoms with Gasteiger partial charge in [0.2, 0.25) is 0 Å². The predicted molar refractivity (Wildman–Crippen MR) is 59.4 cm³/mol. The second kappa shape index (κ2) is 8.08. The number of rotatable bonds is 7. The highest BCUT2D eigenvalue weighted by Crippen LogP contribution is 1.94. The maximum absolute atomic E-state index is 10.8. The molecule has 0 bridgehead atoms. The number of thioether (sulfide) groups is 1. The van der Waals surface area contributed by atoms with Crippen LogP contribution in [0.2, 0.25) is 0 Å². The summed E-state index contributed by atoms with van der Waals surface area (Å²) in [4.78, 5) is 0. The van der Waals surface area contributed by atoms with Gasteiger partial charge in [-0.1, -0.05) is 0 Å². The third-order valence-electron chi connectivity index (χ3n) is 1.64. The van der Waals surface area contributed by atoms with Gasteiger partial charge in [0.15, 0.2) is 0 Å². The molecular weight excluding hydrogens is 190 g/mol. The topological polar surface area (TPSA) is 29.1 Å². The van der Waals surface area contributed by atoms with Crippen molar-refractivity contribution in [2.24, 2.45) is 0 Å². The smallest absolute Gasteiger partial charge is 0.0246 e. The van der Waals surface area contributed by atoms with Crippen LogP contribution in [0.15, 0.2) is 0 Å². The maximum Gasteiger partial charge on any atom is 0.0246 e. The van der Waals surface area contributed by atoms with E-state index in [2.05, 4.69) is 18.5 Å². The van der Waals surface area contributed by atoms with Crippen LogP contribution in [0.3, 0.4) is 0 Å². The van der Waals surface area contributed by atoms with E-state index in [1.807, 2.05) is 11.8 Å². The molecule has 0 amide bonds. The van der Waals surface area contributed by atoms with Crippen LogP contribution in [-0.2, 0) is 10.8 Å². The second-order valence-corrected chi connectivity index (χ2v) is 5.45. The average molecular weight is 209 g/mol. The van der Waals surface area contributed by atoms with Gasteiger partial charge in [0.05, 0.1) is 0 Å². The van der Waals surface area contributed by atoms with Crippen molar-refractivity contribution in [3.8, 4) is 0 Å². The van der Waals surface area contributed by atoms with Gasteiger partial charge in [0, 0.05) is 41.1 Å². The SMILES string of the molecule is CSCCNC(C)CCS(C)=O. The van der Waals surface area contributed by atoms with E-state index in [-0.39, 0.29) is 0 Å². The Labute approximate surface area is 82.3 Å². The lowest BCUT2D eigenvalue weighted by atomic mass is 10.3. The first-order valence-corrected chi connectivity index (χ1v) is 7.31. The van der Waals surface area contributed by atoms with Crippen molar-refractivity contribution in [1.82, 2.24) is 5.32 Å². The molecule has 0 aromatic heterocycles. The summed E-state index contributed by atoms with van der Waals surface area (Å²) in [6, 6.07) is 0.501. The van der Waals surface area contributed by atoms with Gasteiger partial charge >= 0.3 is 0 Å². The zero-order valence-corrected chi connectivity index (χ0v) is 9.76. The summed E-state index contributed by atoms with van der Waals surface area (Å²) >= 11 is 1.85. The number of hydrogen-bond donors (Lipinski definition) is 1. The zero-order valence-electron chi connectivity index (χ0n) is 8.13. The molecule has 0 aliphatic carbocycles. The standard InChI is InChI=1S/C8H19NOS2/c1-8(4-7-12(3)10)9-5-6-11-2/h8-9H,4-7H2,1-3H3. The first-order chi connectivity index (χ1) is 5.66. The van der Waals surface area contributed by atoms with E-state index in [1.165, 1.54) is 0 Å². The highest BCUT2D eigenvalue weighted by Gasteiger charge is 2.00. The number of hydrogen-bond acceptors (Lipinski definition) is 3. The molecule has 0 spiro atoms. The molecule has 0 saturated carbocycles. The molecule has 0 saturated heterocycles. The summed E-state index contributed by atoms with van der Waals surface area (Å²) in [6.45, 7) is 3.20. The minimum atomic E-state index is -0.639. The molecular formula is C8H19NOS2. The molecule has 12 heavy (non-hydrogen) atoms. The summed E-state index contributed by atoms with van der Waals surface area (Å²) in [7, 11) is -0.639. The van der Waals surface area contributed by atoms with Crippen LogP contribution < -0.4 is 5.32 Å². The molecule has 2 atom stereocenters. The van der Waals surface area contributed by atoms with Crippen molar-refractivity contribution in [1.29, 1.82) is 0 Å². The van der Waals surface area contributed by atoms with E-state index < -0.39 is 10.8 Å². The molecule has 0 fully saturated rings. The van der Waals surface area contributed by atoms with Gasteiger partial charge in [0.1, 0.15) is 0 Å². The monoisotopic (exact) mass is 209 g/mol. The van der Waals surface area contributed by atoms with Crippen LogP contribution in [0.25, 0.3) is 0 Å². The summed E-state index contributed by atoms with van der Waals surface area (Å²) in [6.07, 6.45) is 4.87. The molecule has 4 heteroatoms. The fourth-order valence-electron chi connectivity index (χ4n) is 0.852. The Kier molecular flexibility index (Phi) is 8.39. The van der Waals surface area contributed by atoms with Crippen LogP contribution in [0.1, 0.15) is 13.3 Å². The molecule has 0 aliphatic rings. The lowest BCUT2D eigenvalue weighted by molar-refractivity contribution is 0.555. The molecule has 0 rings (SSSR count). The third kappa shape index (κ3) is 8.56. The van der Waals surface area contributed by atoms with E-state index in [0.29, 0.717) is 6.04 Å². The van der Waals surface area contributed by atoms with Crippen LogP contribution in [0, 0.1) is 0 Å². The van der Waals surface area contributed by atoms with Gasteiger partial charge in [-0.3, -0.25) is 4.21 Å². The molecule has 0 aromatic carbocycles. The fourth-order valence-corrected chi connectivity index (χ4v) is 1.86. The Morgan fingerprint density at radius 3 is 2.75 bits per heavy atom. The molecule has 0 aromatic rings. The molecule has 1 N–H and O–H groups in total. The van der Waals surface area contributed by atoms with Crippen molar-refractivity contribution in [2.45, 2.75) is 19.4 Å². The first kappa shape index (κ1) is 12.5. The normalized spacial score (nSPS) is 15.9. The van der Waals surface area contributed by atoms with E-state index in [4.69, 9.17) is 0 Å². The Morgan fingerprint density at radius 1 is 1.58 bits per heavy atom. The maximum atomic E-state index is 10.8. The first-order valence-electron chi connectivity index (χ1n) is 4.19. The molecule has 2 nitrogen and oxygen atoms in total. The summed E-state index contributed by atoms with van der Waals surface area (Å²) in [5.74, 6) is 1.97.